The number of carbonyl (C=O) groups excluding carboxylic acids is 4. The molecule has 0 radical (unpaired) electrons. The number of allylic oxidation sites excluding steroid dienone is 4. The van der Waals surface area contributed by atoms with Gasteiger partial charge in [-0.05, 0) is 51.4 Å². The molecule has 93 heavy (non-hydrogen) atoms. The second kappa shape index (κ2) is 68.1. The number of ether oxygens (including phenoxy) is 4. The highest BCUT2D eigenvalue weighted by molar-refractivity contribution is 7.47. The van der Waals surface area contributed by atoms with Crippen molar-refractivity contribution in [1.29, 1.82) is 0 Å². The van der Waals surface area contributed by atoms with E-state index in [2.05, 4.69) is 52.0 Å². The first-order valence-electron chi connectivity index (χ1n) is 38.1. The van der Waals surface area contributed by atoms with Crippen LogP contribution >= 0.6 is 15.6 Å². The van der Waals surface area contributed by atoms with Gasteiger partial charge in [0.25, 0.3) is 0 Å². The summed E-state index contributed by atoms with van der Waals surface area (Å²) in [6.45, 7) is 4.90. The average Bonchev–Trinajstić information content (AvgIpc) is 3.68. The van der Waals surface area contributed by atoms with E-state index in [0.717, 1.165) is 109 Å². The van der Waals surface area contributed by atoms with Crippen LogP contribution in [0.15, 0.2) is 24.3 Å². The topological polar surface area (TPSA) is 237 Å². The SMILES string of the molecule is CCCCCC/C=C\C=C/CCCCCCCC(=O)OC[C@H](COP(=O)(O)OC[C@@H](O)COP(=O)(O)OC[C@@H](COC(=O)CCCCCCCCCCCC)OC(=O)CCCCCCCCCCCCC)OC(=O)CCCCCCCCCCCCCCCCCCC. The second-order valence-electron chi connectivity index (χ2n) is 26.0. The normalized spacial score (nSPS) is 14.1. The summed E-state index contributed by atoms with van der Waals surface area (Å²) >= 11 is 0. The molecule has 0 spiro atoms. The van der Waals surface area contributed by atoms with Crippen LogP contribution in [0.4, 0.5) is 0 Å². The second-order valence-corrected chi connectivity index (χ2v) is 28.9. The first kappa shape index (κ1) is 90.5. The van der Waals surface area contributed by atoms with Crippen molar-refractivity contribution in [2.45, 2.75) is 386 Å². The van der Waals surface area contributed by atoms with Crippen molar-refractivity contribution in [3.63, 3.8) is 0 Å². The third-order valence-corrected chi connectivity index (χ3v) is 18.6. The van der Waals surface area contributed by atoms with Gasteiger partial charge < -0.3 is 33.8 Å². The maximum Gasteiger partial charge on any atom is 0.472 e. The zero-order chi connectivity index (χ0) is 68.2. The van der Waals surface area contributed by atoms with Crippen LogP contribution in [0.2, 0.25) is 0 Å². The van der Waals surface area contributed by atoms with E-state index in [4.69, 9.17) is 37.0 Å². The van der Waals surface area contributed by atoms with Gasteiger partial charge >= 0.3 is 39.5 Å². The molecule has 2 unspecified atom stereocenters. The van der Waals surface area contributed by atoms with E-state index in [-0.39, 0.29) is 25.7 Å². The summed E-state index contributed by atoms with van der Waals surface area (Å²) in [5.74, 6) is -2.15. The van der Waals surface area contributed by atoms with Gasteiger partial charge in [0.15, 0.2) is 12.2 Å². The Labute approximate surface area is 567 Å². The largest absolute Gasteiger partial charge is 0.472 e. The fourth-order valence-corrected chi connectivity index (χ4v) is 12.4. The number of unbranched alkanes of at least 4 members (excludes halogenated alkanes) is 44. The van der Waals surface area contributed by atoms with Gasteiger partial charge in [-0.3, -0.25) is 37.3 Å². The highest BCUT2D eigenvalue weighted by Gasteiger charge is 2.30. The highest BCUT2D eigenvalue weighted by Crippen LogP contribution is 2.45. The van der Waals surface area contributed by atoms with Crippen LogP contribution < -0.4 is 0 Å². The molecule has 0 aliphatic carbocycles. The Bertz CT molecular complexity index is 1870. The molecule has 0 fully saturated rings. The van der Waals surface area contributed by atoms with Crippen LogP contribution in [0.5, 0.6) is 0 Å². The third-order valence-electron chi connectivity index (χ3n) is 16.7. The minimum Gasteiger partial charge on any atom is -0.462 e. The summed E-state index contributed by atoms with van der Waals surface area (Å²) in [7, 11) is -9.91. The van der Waals surface area contributed by atoms with Gasteiger partial charge in [0, 0.05) is 25.7 Å². The smallest absolute Gasteiger partial charge is 0.462 e. The summed E-state index contributed by atoms with van der Waals surface area (Å²) < 4.78 is 68.4. The number of phosphoric acid groups is 2. The Kier molecular flexibility index (Phi) is 66.3. The van der Waals surface area contributed by atoms with Gasteiger partial charge in [-0.1, -0.05) is 315 Å². The molecule has 0 rings (SSSR count). The number of rotatable bonds is 73. The molecule has 0 saturated carbocycles. The van der Waals surface area contributed by atoms with Crippen LogP contribution in [-0.2, 0) is 65.4 Å². The Morgan fingerprint density at radius 3 is 0.785 bits per heavy atom. The van der Waals surface area contributed by atoms with Gasteiger partial charge in [-0.2, -0.15) is 0 Å². The van der Waals surface area contributed by atoms with E-state index in [1.165, 1.54) is 180 Å². The lowest BCUT2D eigenvalue weighted by Gasteiger charge is -2.21. The van der Waals surface area contributed by atoms with Crippen molar-refractivity contribution in [2.24, 2.45) is 0 Å². The van der Waals surface area contributed by atoms with Crippen LogP contribution in [0.25, 0.3) is 0 Å². The number of carbonyl (C=O) groups is 4. The lowest BCUT2D eigenvalue weighted by molar-refractivity contribution is -0.161. The van der Waals surface area contributed by atoms with Gasteiger partial charge in [-0.25, -0.2) is 9.13 Å². The lowest BCUT2D eigenvalue weighted by atomic mass is 10.0. The molecule has 548 valence electrons. The number of phosphoric ester groups is 2. The summed E-state index contributed by atoms with van der Waals surface area (Å²) in [5, 5.41) is 10.6. The quantitative estimate of drug-likeness (QED) is 0.0169. The van der Waals surface area contributed by atoms with E-state index in [1.807, 2.05) is 0 Å². The Morgan fingerprint density at radius 1 is 0.301 bits per heavy atom. The predicted molar refractivity (Wildman–Crippen MR) is 377 cm³/mol. The predicted octanol–water partition coefficient (Wildman–Crippen LogP) is 21.4. The molecule has 19 heteroatoms. The van der Waals surface area contributed by atoms with Crippen LogP contribution in [0.1, 0.15) is 368 Å². The zero-order valence-corrected chi connectivity index (χ0v) is 61.5. The Hall–Kier alpha value is -2.46. The average molecular weight is 1360 g/mol. The van der Waals surface area contributed by atoms with Crippen molar-refractivity contribution in [3.05, 3.63) is 24.3 Å². The maximum absolute atomic E-state index is 13.1. The molecule has 0 aliphatic rings. The van der Waals surface area contributed by atoms with Crippen molar-refractivity contribution >= 4 is 39.5 Å². The molecule has 3 N–H and O–H groups in total. The fraction of sp³-hybridized carbons (Fsp3) is 0.892. The van der Waals surface area contributed by atoms with Crippen molar-refractivity contribution in [3.8, 4) is 0 Å². The van der Waals surface area contributed by atoms with Gasteiger partial charge in [0.1, 0.15) is 19.3 Å². The van der Waals surface area contributed by atoms with E-state index in [0.29, 0.717) is 25.7 Å². The molecule has 0 aromatic rings. The number of esters is 4. The van der Waals surface area contributed by atoms with E-state index >= 15 is 0 Å². The summed E-state index contributed by atoms with van der Waals surface area (Å²) in [5.41, 5.74) is 0. The van der Waals surface area contributed by atoms with Crippen LogP contribution in [-0.4, -0.2) is 96.7 Å². The third kappa shape index (κ3) is 67.9. The summed E-state index contributed by atoms with van der Waals surface area (Å²) in [4.78, 5) is 72.7. The van der Waals surface area contributed by atoms with E-state index < -0.39 is 97.5 Å². The van der Waals surface area contributed by atoms with Crippen LogP contribution in [0.3, 0.4) is 0 Å². The number of hydrogen-bond donors (Lipinski definition) is 3. The molecule has 0 heterocycles. The van der Waals surface area contributed by atoms with Gasteiger partial charge in [0.05, 0.1) is 26.4 Å². The molecule has 17 nitrogen and oxygen atoms in total. The first-order valence-corrected chi connectivity index (χ1v) is 41.1. The van der Waals surface area contributed by atoms with Gasteiger partial charge in [0.2, 0.25) is 0 Å². The number of aliphatic hydroxyl groups excluding tert-OH is 1. The first-order chi connectivity index (χ1) is 45.2. The monoisotopic (exact) mass is 1360 g/mol. The molecule has 0 bridgehead atoms. The van der Waals surface area contributed by atoms with Crippen LogP contribution in [0, 0.1) is 0 Å². The molecule has 0 aromatic heterocycles. The highest BCUT2D eigenvalue weighted by atomic mass is 31.2. The van der Waals surface area contributed by atoms with Crippen molar-refractivity contribution in [2.75, 3.05) is 39.6 Å². The molecule has 0 aliphatic heterocycles. The maximum atomic E-state index is 13.1. The molecular formula is C74H140O17P2. The minimum absolute atomic E-state index is 0.102. The lowest BCUT2D eigenvalue weighted by Crippen LogP contribution is -2.30. The van der Waals surface area contributed by atoms with E-state index in [1.54, 1.807) is 0 Å². The van der Waals surface area contributed by atoms with Crippen molar-refractivity contribution < 1.29 is 80.2 Å². The number of aliphatic hydroxyl groups is 1. The summed E-state index contributed by atoms with van der Waals surface area (Å²) in [6, 6.07) is 0. The molecule has 0 amide bonds. The standard InChI is InChI=1S/C74H140O17P2/c1-5-9-13-17-21-25-29-31-33-34-36-38-41-45-49-53-57-61-74(79)91-70(65-85-72(77)59-55-51-47-43-40-37-35-32-30-26-22-18-14-10-6-2)67-89-93(82,83)87-63-68(75)62-86-92(80,81)88-66-69(64-84-71(76)58-54-50-46-42-28-24-20-16-12-8-4)90-73(78)60-56-52-48-44-39-27-23-19-15-11-7-3/h26,30,32,35,68-70,75H,5-25,27-29,31,33-34,36-67H2,1-4H3,(H,80,81)(H,82,83)/b30-26-,35-32-/t68-,69+,70+/m0/s1. The zero-order valence-electron chi connectivity index (χ0n) is 59.7. The van der Waals surface area contributed by atoms with E-state index in [9.17, 15) is 43.2 Å². The fourth-order valence-electron chi connectivity index (χ4n) is 10.9. The Balaban J connectivity index is 5.27. The molecule has 5 atom stereocenters. The van der Waals surface area contributed by atoms with Gasteiger partial charge in [-0.15, -0.1) is 0 Å². The number of hydrogen-bond acceptors (Lipinski definition) is 15. The summed E-state index contributed by atoms with van der Waals surface area (Å²) in [6.07, 6.45) is 60.3. The minimum atomic E-state index is -4.96. The molecular weight excluding hydrogens is 1220 g/mol. The molecule has 0 aromatic carbocycles. The van der Waals surface area contributed by atoms with Crippen molar-refractivity contribution in [1.82, 2.24) is 0 Å². The Morgan fingerprint density at radius 2 is 0.516 bits per heavy atom. The molecule has 0 saturated heterocycles.